The van der Waals surface area contributed by atoms with E-state index >= 15 is 0 Å². The maximum absolute atomic E-state index is 12.2. The van der Waals surface area contributed by atoms with Crippen molar-refractivity contribution in [2.45, 2.75) is 64.3 Å². The van der Waals surface area contributed by atoms with E-state index in [1.807, 2.05) is 19.1 Å². The fourth-order valence-electron chi connectivity index (χ4n) is 4.33. The highest BCUT2D eigenvalue weighted by Gasteiger charge is 2.33. The summed E-state index contributed by atoms with van der Waals surface area (Å²) in [5.41, 5.74) is 2.13. The summed E-state index contributed by atoms with van der Waals surface area (Å²) in [4.78, 5) is 50.7. The maximum Gasteiger partial charge on any atom is 0.230 e. The van der Waals surface area contributed by atoms with Crippen molar-refractivity contribution in [3.63, 3.8) is 0 Å². The number of benzene rings is 1. The molecule has 0 saturated carbocycles. The van der Waals surface area contributed by atoms with E-state index in [9.17, 15) is 19.2 Å². The third-order valence-corrected chi connectivity index (χ3v) is 6.45. The standard InChI is InChI=1S/C23H29ClN2O4/c1-14(2)16-4-5-20(21(24)9-16)17(6-7-25-12-18(27)10-22(25)29)8-15(3)26-13-19(28)11-23(26)30/h4-5,9,14-15,17H,6-8,10-13H2,1-3H3. The van der Waals surface area contributed by atoms with Gasteiger partial charge in [-0.25, -0.2) is 0 Å². The molecule has 2 atom stereocenters. The number of hydrogen-bond acceptors (Lipinski definition) is 4. The minimum Gasteiger partial charge on any atom is -0.335 e. The van der Waals surface area contributed by atoms with Crippen LogP contribution < -0.4 is 0 Å². The number of halogens is 1. The molecule has 0 aromatic heterocycles. The molecule has 2 amide bonds. The fraction of sp³-hybridized carbons (Fsp3) is 0.565. The first-order chi connectivity index (χ1) is 14.2. The predicted octanol–water partition coefficient (Wildman–Crippen LogP) is 3.32. The molecule has 1 aromatic rings. The zero-order valence-electron chi connectivity index (χ0n) is 17.8. The van der Waals surface area contributed by atoms with E-state index in [1.54, 1.807) is 9.80 Å². The number of nitrogens with zero attached hydrogens (tertiary/aromatic N) is 2. The Kier molecular flexibility index (Phi) is 6.96. The van der Waals surface area contributed by atoms with E-state index in [2.05, 4.69) is 19.9 Å². The molecule has 2 fully saturated rings. The summed E-state index contributed by atoms with van der Waals surface area (Å²) < 4.78 is 0. The average molecular weight is 433 g/mol. The molecule has 162 valence electrons. The minimum atomic E-state index is -0.132. The number of hydrogen-bond donors (Lipinski definition) is 0. The third kappa shape index (κ3) is 5.09. The van der Waals surface area contributed by atoms with E-state index in [0.29, 0.717) is 30.3 Å². The smallest absolute Gasteiger partial charge is 0.230 e. The molecule has 0 aliphatic carbocycles. The number of ketones is 2. The van der Waals surface area contributed by atoms with Gasteiger partial charge in [0.1, 0.15) is 0 Å². The molecule has 7 heteroatoms. The van der Waals surface area contributed by atoms with Gasteiger partial charge >= 0.3 is 0 Å². The van der Waals surface area contributed by atoms with Crippen LogP contribution >= 0.6 is 11.6 Å². The number of rotatable bonds is 8. The summed E-state index contributed by atoms with van der Waals surface area (Å²) in [7, 11) is 0. The first-order valence-corrected chi connectivity index (χ1v) is 10.9. The van der Waals surface area contributed by atoms with Crippen molar-refractivity contribution in [1.82, 2.24) is 9.80 Å². The zero-order chi connectivity index (χ0) is 22.0. The lowest BCUT2D eigenvalue weighted by Gasteiger charge is -2.29. The van der Waals surface area contributed by atoms with Gasteiger partial charge in [-0.05, 0) is 48.8 Å². The number of carbonyl (C=O) groups is 4. The second kappa shape index (κ2) is 9.29. The first-order valence-electron chi connectivity index (χ1n) is 10.6. The van der Waals surface area contributed by atoms with Crippen molar-refractivity contribution in [2.75, 3.05) is 19.6 Å². The predicted molar refractivity (Wildman–Crippen MR) is 115 cm³/mol. The van der Waals surface area contributed by atoms with Gasteiger partial charge in [0.15, 0.2) is 11.6 Å². The van der Waals surface area contributed by atoms with Gasteiger partial charge in [0, 0.05) is 17.6 Å². The zero-order valence-corrected chi connectivity index (χ0v) is 18.6. The molecular formula is C23H29ClN2O4. The lowest BCUT2D eigenvalue weighted by Crippen LogP contribution is -2.36. The van der Waals surface area contributed by atoms with Gasteiger partial charge in [0.2, 0.25) is 11.8 Å². The van der Waals surface area contributed by atoms with E-state index < -0.39 is 0 Å². The molecule has 2 aliphatic rings. The topological polar surface area (TPSA) is 74.8 Å². The number of Topliss-reactive ketones (excluding diaryl/α,β-unsaturated/α-hetero) is 2. The summed E-state index contributed by atoms with van der Waals surface area (Å²) in [6.45, 7) is 6.96. The normalized spacial score (nSPS) is 19.4. The average Bonchev–Trinajstić information content (AvgIpc) is 3.18. The van der Waals surface area contributed by atoms with Crippen LogP contribution in [0.3, 0.4) is 0 Å². The second-order valence-electron chi connectivity index (χ2n) is 8.77. The molecule has 30 heavy (non-hydrogen) atoms. The van der Waals surface area contributed by atoms with Crippen molar-refractivity contribution in [2.24, 2.45) is 0 Å². The van der Waals surface area contributed by atoms with Gasteiger partial charge in [0.25, 0.3) is 0 Å². The van der Waals surface area contributed by atoms with Crippen LogP contribution in [0, 0.1) is 0 Å². The number of likely N-dealkylation sites (tertiary alicyclic amines) is 2. The Morgan fingerprint density at radius 3 is 2.17 bits per heavy atom. The van der Waals surface area contributed by atoms with Crippen LogP contribution in [0.4, 0.5) is 0 Å². The largest absolute Gasteiger partial charge is 0.335 e. The summed E-state index contributed by atoms with van der Waals surface area (Å²) in [5.74, 6) is -0.00777. The van der Waals surface area contributed by atoms with Gasteiger partial charge in [-0.3, -0.25) is 19.2 Å². The summed E-state index contributed by atoms with van der Waals surface area (Å²) >= 11 is 6.64. The molecule has 2 saturated heterocycles. The van der Waals surface area contributed by atoms with Crippen LogP contribution in [0.1, 0.15) is 69.4 Å². The molecule has 2 heterocycles. The van der Waals surface area contributed by atoms with Crippen molar-refractivity contribution >= 4 is 35.0 Å². The molecule has 2 unspecified atom stereocenters. The second-order valence-corrected chi connectivity index (χ2v) is 9.18. The van der Waals surface area contributed by atoms with Crippen molar-refractivity contribution in [3.8, 4) is 0 Å². The summed E-state index contributed by atoms with van der Waals surface area (Å²) in [5, 5.41) is 0.672. The molecular weight excluding hydrogens is 404 g/mol. The molecule has 3 rings (SSSR count). The minimum absolute atomic E-state index is 0.000663. The molecule has 6 nitrogen and oxygen atoms in total. The van der Waals surface area contributed by atoms with Crippen LogP contribution in [0.15, 0.2) is 18.2 Å². The maximum atomic E-state index is 12.2. The van der Waals surface area contributed by atoms with Crippen molar-refractivity contribution in [3.05, 3.63) is 34.3 Å². The lowest BCUT2D eigenvalue weighted by molar-refractivity contribution is -0.129. The Morgan fingerprint density at radius 1 is 0.967 bits per heavy atom. The molecule has 0 radical (unpaired) electrons. The Bertz CT molecular complexity index is 867. The van der Waals surface area contributed by atoms with Gasteiger partial charge in [-0.15, -0.1) is 0 Å². The van der Waals surface area contributed by atoms with Crippen LogP contribution in [0.5, 0.6) is 0 Å². The first kappa shape index (κ1) is 22.5. The molecule has 1 aromatic carbocycles. The van der Waals surface area contributed by atoms with Crippen LogP contribution in [-0.4, -0.2) is 58.9 Å². The van der Waals surface area contributed by atoms with Crippen LogP contribution in [-0.2, 0) is 19.2 Å². The van der Waals surface area contributed by atoms with Crippen LogP contribution in [0.25, 0.3) is 0 Å². The van der Waals surface area contributed by atoms with Crippen LogP contribution in [0.2, 0.25) is 5.02 Å². The van der Waals surface area contributed by atoms with E-state index in [4.69, 9.17) is 11.6 Å². The van der Waals surface area contributed by atoms with Gasteiger partial charge in [-0.1, -0.05) is 37.6 Å². The summed E-state index contributed by atoms with van der Waals surface area (Å²) in [6, 6.07) is 5.96. The fourth-order valence-corrected chi connectivity index (χ4v) is 4.67. The van der Waals surface area contributed by atoms with Crippen molar-refractivity contribution in [1.29, 1.82) is 0 Å². The van der Waals surface area contributed by atoms with E-state index in [1.165, 1.54) is 0 Å². The Balaban J connectivity index is 1.79. The number of amides is 2. The Hall–Kier alpha value is -2.21. The third-order valence-electron chi connectivity index (χ3n) is 6.12. The number of carbonyl (C=O) groups excluding carboxylic acids is 4. The SMILES string of the molecule is CC(C)c1ccc(C(CCN2CC(=O)CC2=O)CC(C)N2CC(=O)CC2=O)c(Cl)c1. The van der Waals surface area contributed by atoms with Crippen molar-refractivity contribution < 1.29 is 19.2 Å². The molecule has 0 spiro atoms. The summed E-state index contributed by atoms with van der Waals surface area (Å²) in [6.07, 6.45) is 1.23. The highest BCUT2D eigenvalue weighted by atomic mass is 35.5. The molecule has 2 aliphatic heterocycles. The Labute approximate surface area is 182 Å². The van der Waals surface area contributed by atoms with E-state index in [0.717, 1.165) is 11.1 Å². The Morgan fingerprint density at radius 2 is 1.63 bits per heavy atom. The van der Waals surface area contributed by atoms with Gasteiger partial charge < -0.3 is 9.80 Å². The quantitative estimate of drug-likeness (QED) is 0.590. The monoisotopic (exact) mass is 432 g/mol. The van der Waals surface area contributed by atoms with Gasteiger partial charge in [0.05, 0.1) is 25.9 Å². The molecule has 0 N–H and O–H groups in total. The van der Waals surface area contributed by atoms with E-state index in [-0.39, 0.29) is 61.3 Å². The van der Waals surface area contributed by atoms with Gasteiger partial charge in [-0.2, -0.15) is 0 Å². The lowest BCUT2D eigenvalue weighted by atomic mass is 9.87. The molecule has 0 bridgehead atoms. The highest BCUT2D eigenvalue weighted by Crippen LogP contribution is 2.35. The highest BCUT2D eigenvalue weighted by molar-refractivity contribution is 6.31.